The average Bonchev–Trinajstić information content (AvgIpc) is 3.12. The molecule has 0 spiro atoms. The van der Waals surface area contributed by atoms with Gasteiger partial charge < -0.3 is 15.3 Å². The Kier molecular flexibility index (Phi) is 8.17. The third kappa shape index (κ3) is 7.09. The van der Waals surface area contributed by atoms with E-state index in [9.17, 15) is 0 Å². The third-order valence-corrected chi connectivity index (χ3v) is 4.80. The second-order valence-electron chi connectivity index (χ2n) is 7.35. The van der Waals surface area contributed by atoms with E-state index in [2.05, 4.69) is 56.8 Å². The van der Waals surface area contributed by atoms with Crippen LogP contribution in [-0.2, 0) is 0 Å². The van der Waals surface area contributed by atoms with Gasteiger partial charge in [-0.1, -0.05) is 0 Å². The summed E-state index contributed by atoms with van der Waals surface area (Å²) in [6.45, 7) is 14.6. The Labute approximate surface area is 131 Å². The van der Waals surface area contributed by atoms with Crippen LogP contribution in [0.4, 0.5) is 0 Å². The molecule has 1 aliphatic carbocycles. The van der Waals surface area contributed by atoms with Crippen LogP contribution in [0, 0.1) is 5.92 Å². The Bertz CT molecular complexity index is 283. The van der Waals surface area contributed by atoms with Gasteiger partial charge in [-0.3, -0.25) is 4.90 Å². The van der Waals surface area contributed by atoms with Crippen molar-refractivity contribution in [2.24, 2.45) is 5.92 Å². The number of hydrogen-bond acceptors (Lipinski definition) is 4. The summed E-state index contributed by atoms with van der Waals surface area (Å²) in [6, 6.07) is 2.43. The molecule has 0 heterocycles. The quantitative estimate of drug-likeness (QED) is 0.610. The van der Waals surface area contributed by atoms with Crippen LogP contribution in [0.15, 0.2) is 0 Å². The molecule has 0 aliphatic heterocycles. The first kappa shape index (κ1) is 18.9. The number of aliphatic hydroxyl groups excluding tert-OH is 1. The van der Waals surface area contributed by atoms with Crippen LogP contribution in [0.5, 0.6) is 0 Å². The van der Waals surface area contributed by atoms with Crippen LogP contribution in [0.25, 0.3) is 0 Å². The van der Waals surface area contributed by atoms with Gasteiger partial charge in [-0.25, -0.2) is 0 Å². The lowest BCUT2D eigenvalue weighted by Crippen LogP contribution is -2.38. The monoisotopic (exact) mass is 299 g/mol. The summed E-state index contributed by atoms with van der Waals surface area (Å²) in [4.78, 5) is 4.80. The van der Waals surface area contributed by atoms with Crippen LogP contribution in [0.1, 0.15) is 47.5 Å². The van der Waals surface area contributed by atoms with Gasteiger partial charge in [0.1, 0.15) is 0 Å². The van der Waals surface area contributed by atoms with Gasteiger partial charge in [0.05, 0.1) is 6.61 Å². The first-order chi connectivity index (χ1) is 9.85. The molecule has 2 unspecified atom stereocenters. The van der Waals surface area contributed by atoms with Gasteiger partial charge in [0.2, 0.25) is 0 Å². The number of aliphatic hydroxyl groups is 1. The fraction of sp³-hybridized carbons (Fsp3) is 1.00. The normalized spacial score (nSPS) is 23.6. The Hall–Kier alpha value is -0.160. The molecule has 0 amide bonds. The van der Waals surface area contributed by atoms with Crippen molar-refractivity contribution in [1.82, 2.24) is 15.1 Å². The highest BCUT2D eigenvalue weighted by atomic mass is 16.3. The molecule has 1 aliphatic rings. The lowest BCUT2D eigenvalue weighted by molar-refractivity contribution is 0.158. The molecule has 4 nitrogen and oxygen atoms in total. The van der Waals surface area contributed by atoms with Gasteiger partial charge in [-0.15, -0.1) is 0 Å². The minimum atomic E-state index is 0.265. The van der Waals surface area contributed by atoms with Gasteiger partial charge in [0.15, 0.2) is 0 Å². The van der Waals surface area contributed by atoms with E-state index in [1.165, 1.54) is 12.8 Å². The summed E-state index contributed by atoms with van der Waals surface area (Å²) in [5, 5.41) is 12.9. The van der Waals surface area contributed by atoms with Crippen molar-refractivity contribution in [2.75, 3.05) is 33.3 Å². The Balaban J connectivity index is 2.20. The Morgan fingerprint density at radius 3 is 2.29 bits per heavy atom. The second kappa shape index (κ2) is 9.09. The van der Waals surface area contributed by atoms with Crippen LogP contribution in [0.3, 0.4) is 0 Å². The van der Waals surface area contributed by atoms with Gasteiger partial charge in [-0.2, -0.15) is 0 Å². The van der Waals surface area contributed by atoms with E-state index < -0.39 is 0 Å². The number of rotatable bonds is 11. The van der Waals surface area contributed by atoms with E-state index in [-0.39, 0.29) is 6.61 Å². The molecular formula is C17H37N3O. The fourth-order valence-electron chi connectivity index (χ4n) is 2.75. The second-order valence-corrected chi connectivity index (χ2v) is 7.35. The smallest absolute Gasteiger partial charge is 0.0558 e. The zero-order valence-electron chi connectivity index (χ0n) is 15.0. The van der Waals surface area contributed by atoms with Gasteiger partial charge >= 0.3 is 0 Å². The number of hydrogen-bond donors (Lipinski definition) is 2. The molecule has 0 aromatic carbocycles. The maximum Gasteiger partial charge on any atom is 0.0558 e. The molecule has 0 radical (unpaired) electrons. The fourth-order valence-corrected chi connectivity index (χ4v) is 2.75. The molecule has 4 heteroatoms. The summed E-state index contributed by atoms with van der Waals surface area (Å²) in [5.41, 5.74) is 0. The largest absolute Gasteiger partial charge is 0.395 e. The predicted molar refractivity (Wildman–Crippen MR) is 90.7 cm³/mol. The highest BCUT2D eigenvalue weighted by Gasteiger charge is 2.38. The van der Waals surface area contributed by atoms with E-state index in [0.29, 0.717) is 24.2 Å². The van der Waals surface area contributed by atoms with Crippen molar-refractivity contribution in [1.29, 1.82) is 0 Å². The summed E-state index contributed by atoms with van der Waals surface area (Å²) in [6.07, 6.45) is 2.50. The molecule has 1 rings (SSSR count). The van der Waals surface area contributed by atoms with E-state index in [1.807, 2.05) is 0 Å². The molecule has 2 N–H and O–H groups in total. The van der Waals surface area contributed by atoms with E-state index in [0.717, 1.165) is 25.6 Å². The van der Waals surface area contributed by atoms with Gasteiger partial charge in [0, 0.05) is 37.3 Å². The van der Waals surface area contributed by atoms with Crippen molar-refractivity contribution in [2.45, 2.75) is 71.6 Å². The van der Waals surface area contributed by atoms with Crippen molar-refractivity contribution in [3.63, 3.8) is 0 Å². The lowest BCUT2D eigenvalue weighted by Gasteiger charge is -2.26. The molecule has 21 heavy (non-hydrogen) atoms. The third-order valence-electron chi connectivity index (χ3n) is 4.80. The van der Waals surface area contributed by atoms with Crippen LogP contribution >= 0.6 is 0 Å². The molecule has 3 atom stereocenters. The summed E-state index contributed by atoms with van der Waals surface area (Å²) in [7, 11) is 2.20. The van der Waals surface area contributed by atoms with Gasteiger partial charge in [-0.05, 0) is 67.0 Å². The summed E-state index contributed by atoms with van der Waals surface area (Å²) < 4.78 is 0. The molecule has 1 saturated carbocycles. The maximum absolute atomic E-state index is 9.13. The van der Waals surface area contributed by atoms with Crippen molar-refractivity contribution in [3.05, 3.63) is 0 Å². The minimum Gasteiger partial charge on any atom is -0.395 e. The van der Waals surface area contributed by atoms with Crippen LogP contribution in [-0.4, -0.2) is 72.4 Å². The predicted octanol–water partition coefficient (Wildman–Crippen LogP) is 1.79. The molecule has 0 aromatic rings. The van der Waals surface area contributed by atoms with E-state index in [1.54, 1.807) is 0 Å². The van der Waals surface area contributed by atoms with E-state index >= 15 is 0 Å². The Morgan fingerprint density at radius 1 is 1.10 bits per heavy atom. The molecule has 126 valence electrons. The Morgan fingerprint density at radius 2 is 1.76 bits per heavy atom. The summed E-state index contributed by atoms with van der Waals surface area (Å²) >= 11 is 0. The topological polar surface area (TPSA) is 38.7 Å². The average molecular weight is 300 g/mol. The SMILES string of the molecule is CC(C)N(C)CC[C@@H](C)NC1CC1CN(CCO)C(C)C. The van der Waals surface area contributed by atoms with Crippen LogP contribution in [0.2, 0.25) is 0 Å². The number of nitrogens with one attached hydrogen (secondary N) is 1. The van der Waals surface area contributed by atoms with E-state index in [4.69, 9.17) is 5.11 Å². The van der Waals surface area contributed by atoms with Crippen molar-refractivity contribution >= 4 is 0 Å². The maximum atomic E-state index is 9.13. The minimum absolute atomic E-state index is 0.265. The zero-order valence-corrected chi connectivity index (χ0v) is 15.0. The highest BCUT2D eigenvalue weighted by Crippen LogP contribution is 2.32. The summed E-state index contributed by atoms with van der Waals surface area (Å²) in [5.74, 6) is 0.768. The van der Waals surface area contributed by atoms with Gasteiger partial charge in [0.25, 0.3) is 0 Å². The molecule has 0 bridgehead atoms. The molecular weight excluding hydrogens is 262 g/mol. The van der Waals surface area contributed by atoms with Crippen LogP contribution < -0.4 is 5.32 Å². The first-order valence-electron chi connectivity index (χ1n) is 8.66. The standard InChI is InChI=1S/C17H37N3O/c1-13(2)19(6)8-7-15(5)18-17-11-16(17)12-20(9-10-21)14(3)4/h13-18,21H,7-12H2,1-6H3/t15-,16?,17?/m1/s1. The molecule has 1 fully saturated rings. The highest BCUT2D eigenvalue weighted by molar-refractivity contribution is 4.96. The molecule has 0 saturated heterocycles. The molecule has 0 aromatic heterocycles. The van der Waals surface area contributed by atoms with Crippen molar-refractivity contribution < 1.29 is 5.11 Å². The first-order valence-corrected chi connectivity index (χ1v) is 8.66. The number of nitrogens with zero attached hydrogens (tertiary/aromatic N) is 2. The zero-order chi connectivity index (χ0) is 16.0. The van der Waals surface area contributed by atoms with Crippen molar-refractivity contribution in [3.8, 4) is 0 Å². The lowest BCUT2D eigenvalue weighted by atomic mass is 10.2.